The predicted octanol–water partition coefficient (Wildman–Crippen LogP) is 2.83. The zero-order chi connectivity index (χ0) is 15.3. The Balaban J connectivity index is 1.83. The van der Waals surface area contributed by atoms with Gasteiger partial charge in [0.05, 0.1) is 5.69 Å². The van der Waals surface area contributed by atoms with Crippen molar-refractivity contribution in [3.63, 3.8) is 0 Å². The highest BCUT2D eigenvalue weighted by molar-refractivity contribution is 7.92. The quantitative estimate of drug-likeness (QED) is 0.849. The summed E-state index contributed by atoms with van der Waals surface area (Å²) in [6, 6.07) is 9.35. The minimum absolute atomic E-state index is 0.0977. The number of nitrogens with zero attached hydrogens (tertiary/aromatic N) is 1. The summed E-state index contributed by atoms with van der Waals surface area (Å²) in [6.45, 7) is 4.01. The van der Waals surface area contributed by atoms with E-state index in [1.54, 1.807) is 6.07 Å². The Morgan fingerprint density at radius 1 is 1.29 bits per heavy atom. The van der Waals surface area contributed by atoms with Gasteiger partial charge in [0.1, 0.15) is 23.1 Å². The highest BCUT2D eigenvalue weighted by Crippen LogP contribution is 2.17. The van der Waals surface area contributed by atoms with Crippen molar-refractivity contribution in [2.75, 3.05) is 17.1 Å². The van der Waals surface area contributed by atoms with Gasteiger partial charge in [0, 0.05) is 0 Å². The Morgan fingerprint density at radius 3 is 2.57 bits per heavy atom. The molecular weight excluding hydrogens is 308 g/mol. The van der Waals surface area contributed by atoms with Gasteiger partial charge in [0.2, 0.25) is 10.0 Å². The molecule has 0 spiro atoms. The van der Waals surface area contributed by atoms with Crippen LogP contribution in [0.4, 0.5) is 5.00 Å². The number of hydrogen-bond donors (Lipinski definition) is 1. The summed E-state index contributed by atoms with van der Waals surface area (Å²) < 4.78 is 35.7. The van der Waals surface area contributed by atoms with E-state index in [0.29, 0.717) is 10.8 Å². The molecule has 0 radical (unpaired) electrons. The summed E-state index contributed by atoms with van der Waals surface area (Å²) in [5, 5.41) is 0.528. The van der Waals surface area contributed by atoms with E-state index in [2.05, 4.69) is 16.0 Å². The zero-order valence-electron chi connectivity index (χ0n) is 12.0. The highest BCUT2D eigenvalue weighted by Gasteiger charge is 2.12. The van der Waals surface area contributed by atoms with E-state index < -0.39 is 10.0 Å². The van der Waals surface area contributed by atoms with Gasteiger partial charge in [0.15, 0.2) is 0 Å². The molecule has 0 fully saturated rings. The van der Waals surface area contributed by atoms with E-state index in [4.69, 9.17) is 4.74 Å². The summed E-state index contributed by atoms with van der Waals surface area (Å²) in [6.07, 6.45) is 0.965. The Labute approximate surface area is 129 Å². The number of aromatic nitrogens is 1. The van der Waals surface area contributed by atoms with Gasteiger partial charge in [-0.25, -0.2) is 8.42 Å². The molecule has 0 aliphatic carbocycles. The third kappa shape index (κ3) is 5.02. The number of anilines is 1. The first-order valence-corrected chi connectivity index (χ1v) is 9.06. The molecule has 0 unspecified atom stereocenters. The molecule has 2 aromatic rings. The number of benzene rings is 1. The first-order valence-electron chi connectivity index (χ1n) is 6.64. The molecule has 0 aliphatic heterocycles. The summed E-state index contributed by atoms with van der Waals surface area (Å²) in [7, 11) is -3.41. The molecule has 1 aromatic heterocycles. The van der Waals surface area contributed by atoms with E-state index >= 15 is 0 Å². The highest BCUT2D eigenvalue weighted by atomic mass is 32.2. The molecule has 7 heteroatoms. The van der Waals surface area contributed by atoms with Gasteiger partial charge in [-0.15, -0.1) is 0 Å². The van der Waals surface area contributed by atoms with Crippen LogP contribution in [0.3, 0.4) is 0 Å². The molecule has 1 aromatic carbocycles. The largest absolute Gasteiger partial charge is 0.492 e. The van der Waals surface area contributed by atoms with Crippen LogP contribution in [0.1, 0.15) is 18.2 Å². The molecule has 1 N–H and O–H groups in total. The van der Waals surface area contributed by atoms with Crippen molar-refractivity contribution in [1.29, 1.82) is 0 Å². The van der Waals surface area contributed by atoms with E-state index in [1.165, 1.54) is 5.56 Å². The maximum Gasteiger partial charge on any atom is 0.236 e. The SMILES string of the molecule is CCc1ccc(OCCS(=O)(=O)Nc2cc(C)ns2)cc1. The zero-order valence-corrected chi connectivity index (χ0v) is 13.6. The van der Waals surface area contributed by atoms with Gasteiger partial charge in [-0.05, 0) is 48.6 Å². The number of rotatable bonds is 7. The first kappa shape index (κ1) is 15.8. The number of aryl methyl sites for hydroxylation is 2. The van der Waals surface area contributed by atoms with Crippen LogP contribution in [0, 0.1) is 6.92 Å². The lowest BCUT2D eigenvalue weighted by molar-refractivity contribution is 0.341. The van der Waals surface area contributed by atoms with Crippen molar-refractivity contribution >= 4 is 26.6 Å². The molecule has 114 valence electrons. The number of sulfonamides is 1. The average molecular weight is 326 g/mol. The van der Waals surface area contributed by atoms with Gasteiger partial charge >= 0.3 is 0 Å². The van der Waals surface area contributed by atoms with Crippen LogP contribution >= 0.6 is 11.5 Å². The van der Waals surface area contributed by atoms with Crippen LogP contribution in [-0.4, -0.2) is 25.2 Å². The maximum absolute atomic E-state index is 11.9. The van der Waals surface area contributed by atoms with Gasteiger partial charge < -0.3 is 4.74 Å². The molecule has 0 amide bonds. The second-order valence-corrected chi connectivity index (χ2v) is 7.25. The first-order chi connectivity index (χ1) is 9.98. The summed E-state index contributed by atoms with van der Waals surface area (Å²) in [5.74, 6) is 0.579. The average Bonchev–Trinajstić information content (AvgIpc) is 2.84. The molecular formula is C14H18N2O3S2. The fraction of sp³-hybridized carbons (Fsp3) is 0.357. The standard InChI is InChI=1S/C14H18N2O3S2/c1-3-12-4-6-13(7-5-12)19-8-9-21(17,18)16-14-10-11(2)15-20-14/h4-7,10,16H,3,8-9H2,1-2H3. The third-order valence-electron chi connectivity index (χ3n) is 2.84. The third-order valence-corrected chi connectivity index (χ3v) is 5.00. The second kappa shape index (κ2) is 6.91. The van der Waals surface area contributed by atoms with Crippen molar-refractivity contribution in [1.82, 2.24) is 4.37 Å². The van der Waals surface area contributed by atoms with Crippen LogP contribution in [0.15, 0.2) is 30.3 Å². The van der Waals surface area contributed by atoms with Crippen molar-refractivity contribution in [3.8, 4) is 5.75 Å². The lowest BCUT2D eigenvalue weighted by Gasteiger charge is -2.08. The van der Waals surface area contributed by atoms with Crippen LogP contribution in [0.25, 0.3) is 0 Å². The monoisotopic (exact) mass is 326 g/mol. The molecule has 2 rings (SSSR count). The van der Waals surface area contributed by atoms with E-state index in [9.17, 15) is 8.42 Å². The molecule has 5 nitrogen and oxygen atoms in total. The molecule has 0 atom stereocenters. The number of hydrogen-bond acceptors (Lipinski definition) is 5. The molecule has 0 saturated heterocycles. The lowest BCUT2D eigenvalue weighted by Crippen LogP contribution is -2.20. The lowest BCUT2D eigenvalue weighted by atomic mass is 10.2. The van der Waals surface area contributed by atoms with Crippen molar-refractivity contribution in [2.45, 2.75) is 20.3 Å². The minimum Gasteiger partial charge on any atom is -0.492 e. The van der Waals surface area contributed by atoms with Gasteiger partial charge in [-0.1, -0.05) is 19.1 Å². The topological polar surface area (TPSA) is 68.3 Å². The second-order valence-electron chi connectivity index (χ2n) is 4.60. The van der Waals surface area contributed by atoms with Crippen LogP contribution in [0.2, 0.25) is 0 Å². The van der Waals surface area contributed by atoms with Gasteiger partial charge in [0.25, 0.3) is 0 Å². The molecule has 1 heterocycles. The maximum atomic E-state index is 11.9. The van der Waals surface area contributed by atoms with Crippen molar-refractivity contribution in [3.05, 3.63) is 41.6 Å². The molecule has 0 aliphatic rings. The summed E-state index contributed by atoms with van der Waals surface area (Å²) >= 11 is 1.13. The molecule has 0 saturated carbocycles. The Bertz CT molecular complexity index is 678. The van der Waals surface area contributed by atoms with Crippen molar-refractivity contribution in [2.24, 2.45) is 0 Å². The smallest absolute Gasteiger partial charge is 0.236 e. The Kier molecular flexibility index (Phi) is 5.19. The fourth-order valence-corrected chi connectivity index (χ4v) is 3.53. The molecule has 0 bridgehead atoms. The molecule has 21 heavy (non-hydrogen) atoms. The van der Waals surface area contributed by atoms with Crippen LogP contribution in [0.5, 0.6) is 5.75 Å². The van der Waals surface area contributed by atoms with Crippen LogP contribution < -0.4 is 9.46 Å². The van der Waals surface area contributed by atoms with E-state index in [0.717, 1.165) is 23.6 Å². The van der Waals surface area contributed by atoms with Gasteiger partial charge in [-0.2, -0.15) is 4.37 Å². The number of ether oxygens (including phenoxy) is 1. The predicted molar refractivity (Wildman–Crippen MR) is 85.6 cm³/mol. The summed E-state index contributed by atoms with van der Waals surface area (Å²) in [4.78, 5) is 0. The van der Waals surface area contributed by atoms with Crippen LogP contribution in [-0.2, 0) is 16.4 Å². The summed E-state index contributed by atoms with van der Waals surface area (Å²) in [5.41, 5.74) is 2.02. The minimum atomic E-state index is -3.41. The van der Waals surface area contributed by atoms with E-state index in [-0.39, 0.29) is 12.4 Å². The number of nitrogens with one attached hydrogen (secondary N) is 1. The normalized spacial score (nSPS) is 11.3. The van der Waals surface area contributed by atoms with Gasteiger partial charge in [-0.3, -0.25) is 4.72 Å². The fourth-order valence-electron chi connectivity index (χ4n) is 1.71. The Morgan fingerprint density at radius 2 is 2.00 bits per heavy atom. The van der Waals surface area contributed by atoms with E-state index in [1.807, 2.05) is 31.2 Å². The Hall–Kier alpha value is -1.60. The van der Waals surface area contributed by atoms with Crippen molar-refractivity contribution < 1.29 is 13.2 Å².